The molecular formula is C14H19ClFN. The SMILES string of the molecule is CC(=Cc1c(F)cccc1Cl)CNC(C)(C)C. The van der Waals surface area contributed by atoms with Crippen molar-refractivity contribution < 1.29 is 4.39 Å². The summed E-state index contributed by atoms with van der Waals surface area (Å²) >= 11 is 5.96. The van der Waals surface area contributed by atoms with Crippen molar-refractivity contribution in [2.24, 2.45) is 0 Å². The molecule has 1 nitrogen and oxygen atoms in total. The maximum Gasteiger partial charge on any atom is 0.131 e. The molecule has 0 aromatic heterocycles. The number of halogens is 2. The van der Waals surface area contributed by atoms with Gasteiger partial charge in [-0.05, 0) is 39.8 Å². The third-order valence-electron chi connectivity index (χ3n) is 2.29. The molecule has 0 bridgehead atoms. The first-order valence-electron chi connectivity index (χ1n) is 5.66. The van der Waals surface area contributed by atoms with Crippen LogP contribution in [0.15, 0.2) is 23.8 Å². The highest BCUT2D eigenvalue weighted by molar-refractivity contribution is 6.32. The van der Waals surface area contributed by atoms with Gasteiger partial charge in [-0.2, -0.15) is 0 Å². The van der Waals surface area contributed by atoms with Crippen LogP contribution in [-0.4, -0.2) is 12.1 Å². The third-order valence-corrected chi connectivity index (χ3v) is 2.62. The van der Waals surface area contributed by atoms with Gasteiger partial charge in [0.1, 0.15) is 5.82 Å². The summed E-state index contributed by atoms with van der Waals surface area (Å²) in [6.45, 7) is 8.96. The Morgan fingerprint density at radius 1 is 1.41 bits per heavy atom. The first kappa shape index (κ1) is 14.2. The van der Waals surface area contributed by atoms with Crippen molar-refractivity contribution in [1.82, 2.24) is 5.32 Å². The van der Waals surface area contributed by atoms with Crippen molar-refractivity contribution in [2.75, 3.05) is 6.54 Å². The zero-order chi connectivity index (χ0) is 13.1. The molecule has 1 rings (SSSR count). The molecule has 0 unspecified atom stereocenters. The molecule has 0 aliphatic heterocycles. The number of hydrogen-bond donors (Lipinski definition) is 1. The van der Waals surface area contributed by atoms with Crippen molar-refractivity contribution in [3.05, 3.63) is 40.2 Å². The predicted molar refractivity (Wildman–Crippen MR) is 72.8 cm³/mol. The van der Waals surface area contributed by atoms with Crippen LogP contribution in [0.25, 0.3) is 6.08 Å². The summed E-state index contributed by atoms with van der Waals surface area (Å²) in [6, 6.07) is 4.72. The van der Waals surface area contributed by atoms with Crippen LogP contribution in [0, 0.1) is 5.82 Å². The Labute approximate surface area is 108 Å². The molecular weight excluding hydrogens is 237 g/mol. The standard InChI is InChI=1S/C14H19ClFN/c1-10(9-17-14(2,3)4)8-11-12(15)6-5-7-13(11)16/h5-8,17H,9H2,1-4H3. The number of nitrogens with one attached hydrogen (secondary N) is 1. The molecule has 1 N–H and O–H groups in total. The van der Waals surface area contributed by atoms with Gasteiger partial charge in [-0.3, -0.25) is 0 Å². The largest absolute Gasteiger partial charge is 0.308 e. The molecule has 0 fully saturated rings. The zero-order valence-corrected chi connectivity index (χ0v) is 11.5. The smallest absolute Gasteiger partial charge is 0.131 e. The minimum Gasteiger partial charge on any atom is -0.308 e. The second kappa shape index (κ2) is 5.65. The van der Waals surface area contributed by atoms with Crippen LogP contribution < -0.4 is 5.32 Å². The maximum absolute atomic E-state index is 13.5. The van der Waals surface area contributed by atoms with Gasteiger partial charge in [-0.15, -0.1) is 0 Å². The van der Waals surface area contributed by atoms with E-state index >= 15 is 0 Å². The van der Waals surface area contributed by atoms with Crippen molar-refractivity contribution in [3.63, 3.8) is 0 Å². The van der Waals surface area contributed by atoms with Gasteiger partial charge in [-0.1, -0.05) is 29.3 Å². The Kier molecular flexibility index (Phi) is 4.72. The minimum atomic E-state index is -0.285. The Balaban J connectivity index is 2.81. The van der Waals surface area contributed by atoms with Crippen molar-refractivity contribution >= 4 is 17.7 Å². The highest BCUT2D eigenvalue weighted by Crippen LogP contribution is 2.21. The summed E-state index contributed by atoms with van der Waals surface area (Å²) in [6.07, 6.45) is 1.79. The average molecular weight is 256 g/mol. The molecule has 0 amide bonds. The molecule has 0 saturated heterocycles. The predicted octanol–water partition coefficient (Wildman–Crippen LogP) is 4.27. The summed E-state index contributed by atoms with van der Waals surface area (Å²) in [5, 5.41) is 3.79. The molecule has 0 radical (unpaired) electrons. The van der Waals surface area contributed by atoms with Crippen LogP contribution >= 0.6 is 11.6 Å². The molecule has 0 aliphatic rings. The number of benzene rings is 1. The lowest BCUT2D eigenvalue weighted by Crippen LogP contribution is -2.36. The first-order valence-corrected chi connectivity index (χ1v) is 6.03. The lowest BCUT2D eigenvalue weighted by atomic mass is 10.1. The van der Waals surface area contributed by atoms with E-state index in [1.807, 2.05) is 6.92 Å². The Morgan fingerprint density at radius 3 is 2.59 bits per heavy atom. The van der Waals surface area contributed by atoms with Crippen molar-refractivity contribution in [3.8, 4) is 0 Å². The van der Waals surface area contributed by atoms with Gasteiger partial charge in [0.25, 0.3) is 0 Å². The quantitative estimate of drug-likeness (QED) is 0.851. The lowest BCUT2D eigenvalue weighted by molar-refractivity contribution is 0.445. The van der Waals surface area contributed by atoms with E-state index in [-0.39, 0.29) is 11.4 Å². The van der Waals surface area contributed by atoms with Crippen LogP contribution in [-0.2, 0) is 0 Å². The van der Waals surface area contributed by atoms with Gasteiger partial charge >= 0.3 is 0 Å². The van der Waals surface area contributed by atoms with Gasteiger partial charge < -0.3 is 5.32 Å². The highest BCUT2D eigenvalue weighted by Gasteiger charge is 2.09. The van der Waals surface area contributed by atoms with Crippen LogP contribution in [0.1, 0.15) is 33.3 Å². The summed E-state index contributed by atoms with van der Waals surface area (Å²) in [5.74, 6) is -0.285. The second-order valence-corrected chi connectivity index (χ2v) is 5.64. The molecule has 0 saturated carbocycles. The monoisotopic (exact) mass is 255 g/mol. The fourth-order valence-electron chi connectivity index (χ4n) is 1.35. The molecule has 0 atom stereocenters. The third kappa shape index (κ3) is 4.88. The van der Waals surface area contributed by atoms with Crippen molar-refractivity contribution in [2.45, 2.75) is 33.2 Å². The van der Waals surface area contributed by atoms with Gasteiger partial charge in [-0.25, -0.2) is 4.39 Å². The van der Waals surface area contributed by atoms with Gasteiger partial charge in [0.05, 0.1) is 5.02 Å². The first-order chi connectivity index (χ1) is 7.79. The van der Waals surface area contributed by atoms with Gasteiger partial charge in [0, 0.05) is 17.6 Å². The second-order valence-electron chi connectivity index (χ2n) is 5.23. The molecule has 17 heavy (non-hydrogen) atoms. The lowest BCUT2D eigenvalue weighted by Gasteiger charge is -2.20. The molecule has 1 aromatic rings. The summed E-state index contributed by atoms with van der Waals surface area (Å²) in [4.78, 5) is 0. The minimum absolute atomic E-state index is 0.0497. The van der Waals surface area contributed by atoms with Gasteiger partial charge in [0.2, 0.25) is 0 Å². The summed E-state index contributed by atoms with van der Waals surface area (Å²) in [7, 11) is 0. The van der Waals surface area contributed by atoms with E-state index in [1.54, 1.807) is 18.2 Å². The molecule has 0 heterocycles. The van der Waals surface area contributed by atoms with Crippen LogP contribution in [0.3, 0.4) is 0 Å². The number of rotatable bonds is 3. The molecule has 3 heteroatoms. The van der Waals surface area contributed by atoms with E-state index in [1.165, 1.54) is 6.07 Å². The fraction of sp³-hybridized carbons (Fsp3) is 0.429. The van der Waals surface area contributed by atoms with E-state index in [9.17, 15) is 4.39 Å². The molecule has 1 aromatic carbocycles. The number of hydrogen-bond acceptors (Lipinski definition) is 1. The van der Waals surface area contributed by atoms with E-state index in [4.69, 9.17) is 11.6 Å². The fourth-order valence-corrected chi connectivity index (χ4v) is 1.57. The normalized spacial score (nSPS) is 12.9. The van der Waals surface area contributed by atoms with Crippen molar-refractivity contribution in [1.29, 1.82) is 0 Å². The molecule has 94 valence electrons. The van der Waals surface area contributed by atoms with Gasteiger partial charge in [0.15, 0.2) is 0 Å². The van der Waals surface area contributed by atoms with E-state index in [0.717, 1.165) is 5.57 Å². The average Bonchev–Trinajstić information content (AvgIpc) is 2.20. The zero-order valence-electron chi connectivity index (χ0n) is 10.8. The van der Waals surface area contributed by atoms with E-state index in [0.29, 0.717) is 17.1 Å². The van der Waals surface area contributed by atoms with Crippen LogP contribution in [0.2, 0.25) is 5.02 Å². The van der Waals surface area contributed by atoms with E-state index < -0.39 is 0 Å². The Bertz CT molecular complexity index is 398. The molecule has 0 aliphatic carbocycles. The Morgan fingerprint density at radius 2 is 2.06 bits per heavy atom. The molecule has 0 spiro atoms. The van der Waals surface area contributed by atoms with Crippen LogP contribution in [0.5, 0.6) is 0 Å². The van der Waals surface area contributed by atoms with Crippen LogP contribution in [0.4, 0.5) is 4.39 Å². The topological polar surface area (TPSA) is 12.0 Å². The summed E-state index contributed by atoms with van der Waals surface area (Å²) in [5.41, 5.74) is 1.56. The Hall–Kier alpha value is -0.860. The summed E-state index contributed by atoms with van der Waals surface area (Å²) < 4.78 is 13.5. The van der Waals surface area contributed by atoms with E-state index in [2.05, 4.69) is 26.1 Å². The maximum atomic E-state index is 13.5. The highest BCUT2D eigenvalue weighted by atomic mass is 35.5.